The average molecular weight is 425 g/mol. The number of nitrogens with zero attached hydrogens (tertiary/aromatic N) is 3. The van der Waals surface area contributed by atoms with Crippen LogP contribution in [0.15, 0.2) is 23.0 Å². The van der Waals surface area contributed by atoms with Gasteiger partial charge in [-0.2, -0.15) is 4.98 Å². The Morgan fingerprint density at radius 3 is 2.55 bits per heavy atom. The van der Waals surface area contributed by atoms with Crippen molar-refractivity contribution in [2.45, 2.75) is 84.5 Å². The molecule has 1 aromatic carbocycles. The SMILES string of the molecule is COC1CC(C)N(c2nc(=O)[nH]c3c2CN(c2cc(C(C)C)ccc2C)CC3)C(C)C1. The summed E-state index contributed by atoms with van der Waals surface area (Å²) in [6.07, 6.45) is 2.98. The number of ether oxygens (including phenoxy) is 1. The second-order valence-corrected chi connectivity index (χ2v) is 9.63. The zero-order valence-electron chi connectivity index (χ0n) is 19.7. The molecule has 2 unspecified atom stereocenters. The number of nitrogens with one attached hydrogen (secondary N) is 1. The molecule has 6 nitrogen and oxygen atoms in total. The number of anilines is 2. The standard InChI is InChI=1S/C25H36N4O2/c1-15(2)19-8-7-16(3)23(13-19)28-10-9-22-21(14-28)24(27-25(30)26-22)29-17(4)11-20(31-6)12-18(29)5/h7-8,13,15,17-18,20H,9-12,14H2,1-6H3,(H,26,27,30). The number of hydrogen-bond donors (Lipinski definition) is 1. The third kappa shape index (κ3) is 4.22. The van der Waals surface area contributed by atoms with Gasteiger partial charge in [0.1, 0.15) is 5.82 Å². The van der Waals surface area contributed by atoms with E-state index in [1.54, 1.807) is 7.11 Å². The highest BCUT2D eigenvalue weighted by Gasteiger charge is 2.35. The highest BCUT2D eigenvalue weighted by atomic mass is 16.5. The van der Waals surface area contributed by atoms with Crippen molar-refractivity contribution in [3.05, 3.63) is 51.1 Å². The molecule has 3 heterocycles. The molecule has 2 atom stereocenters. The normalized spacial score (nSPS) is 23.9. The molecule has 1 saturated heterocycles. The van der Waals surface area contributed by atoms with Gasteiger partial charge in [0.2, 0.25) is 0 Å². The van der Waals surface area contributed by atoms with Gasteiger partial charge in [0.05, 0.1) is 6.10 Å². The summed E-state index contributed by atoms with van der Waals surface area (Å²) in [6, 6.07) is 7.34. The van der Waals surface area contributed by atoms with Gasteiger partial charge in [-0.1, -0.05) is 26.0 Å². The minimum atomic E-state index is -0.242. The third-order valence-electron chi connectivity index (χ3n) is 7.06. The van der Waals surface area contributed by atoms with Crippen molar-refractivity contribution in [2.75, 3.05) is 23.5 Å². The molecule has 2 aliphatic heterocycles. The number of methoxy groups -OCH3 is 1. The molecule has 1 fully saturated rings. The molecule has 1 aromatic heterocycles. The summed E-state index contributed by atoms with van der Waals surface area (Å²) >= 11 is 0. The van der Waals surface area contributed by atoms with Crippen LogP contribution in [0.5, 0.6) is 0 Å². The summed E-state index contributed by atoms with van der Waals surface area (Å²) in [7, 11) is 1.79. The molecule has 2 aliphatic rings. The summed E-state index contributed by atoms with van der Waals surface area (Å²) in [5.74, 6) is 1.35. The fraction of sp³-hybridized carbons (Fsp3) is 0.600. The van der Waals surface area contributed by atoms with Crippen molar-refractivity contribution in [1.82, 2.24) is 9.97 Å². The Hall–Kier alpha value is -2.34. The van der Waals surface area contributed by atoms with Crippen LogP contribution in [0.4, 0.5) is 11.5 Å². The van der Waals surface area contributed by atoms with Crippen molar-refractivity contribution in [3.8, 4) is 0 Å². The van der Waals surface area contributed by atoms with Crippen molar-refractivity contribution in [3.63, 3.8) is 0 Å². The number of hydrogen-bond acceptors (Lipinski definition) is 5. The summed E-state index contributed by atoms with van der Waals surface area (Å²) < 4.78 is 5.65. The largest absolute Gasteiger partial charge is 0.381 e. The number of aryl methyl sites for hydroxylation is 1. The van der Waals surface area contributed by atoms with Crippen LogP contribution in [0.2, 0.25) is 0 Å². The van der Waals surface area contributed by atoms with Gasteiger partial charge in [0.15, 0.2) is 0 Å². The van der Waals surface area contributed by atoms with E-state index in [4.69, 9.17) is 4.74 Å². The van der Waals surface area contributed by atoms with Crippen molar-refractivity contribution in [1.29, 1.82) is 0 Å². The Morgan fingerprint density at radius 1 is 1.19 bits per heavy atom. The fourth-order valence-electron chi connectivity index (χ4n) is 5.30. The monoisotopic (exact) mass is 424 g/mol. The molecule has 0 saturated carbocycles. The minimum Gasteiger partial charge on any atom is -0.381 e. The second-order valence-electron chi connectivity index (χ2n) is 9.63. The van der Waals surface area contributed by atoms with E-state index in [0.717, 1.165) is 49.4 Å². The van der Waals surface area contributed by atoms with Gasteiger partial charge < -0.3 is 19.5 Å². The van der Waals surface area contributed by atoms with Crippen LogP contribution >= 0.6 is 0 Å². The average Bonchev–Trinajstić information content (AvgIpc) is 2.73. The molecule has 1 N–H and O–H groups in total. The number of aromatic amines is 1. The van der Waals surface area contributed by atoms with Gasteiger partial charge in [0.25, 0.3) is 0 Å². The maximum absolute atomic E-state index is 12.4. The first-order valence-corrected chi connectivity index (χ1v) is 11.6. The zero-order chi connectivity index (χ0) is 22.3. The van der Waals surface area contributed by atoms with Crippen molar-refractivity contribution in [2.24, 2.45) is 0 Å². The predicted octanol–water partition coefficient (Wildman–Crippen LogP) is 4.16. The Morgan fingerprint density at radius 2 is 1.90 bits per heavy atom. The fourth-order valence-corrected chi connectivity index (χ4v) is 5.30. The Balaban J connectivity index is 1.72. The van der Waals surface area contributed by atoms with E-state index in [-0.39, 0.29) is 23.9 Å². The van der Waals surface area contributed by atoms with E-state index in [9.17, 15) is 4.79 Å². The Labute approximate surface area is 185 Å². The van der Waals surface area contributed by atoms with Gasteiger partial charge >= 0.3 is 5.69 Å². The lowest BCUT2D eigenvalue weighted by Crippen LogP contribution is -2.51. The van der Waals surface area contributed by atoms with Crippen LogP contribution in [0.3, 0.4) is 0 Å². The van der Waals surface area contributed by atoms with Crippen LogP contribution in [0.1, 0.15) is 68.8 Å². The lowest BCUT2D eigenvalue weighted by atomic mass is 9.93. The van der Waals surface area contributed by atoms with Gasteiger partial charge in [-0.05, 0) is 56.7 Å². The van der Waals surface area contributed by atoms with Crippen LogP contribution in [-0.2, 0) is 17.7 Å². The Bertz CT molecular complexity index is 988. The van der Waals surface area contributed by atoms with Crippen LogP contribution in [0.25, 0.3) is 0 Å². The zero-order valence-corrected chi connectivity index (χ0v) is 19.7. The van der Waals surface area contributed by atoms with E-state index >= 15 is 0 Å². The lowest BCUT2D eigenvalue weighted by Gasteiger charge is -2.44. The first kappa shape index (κ1) is 21.9. The topological polar surface area (TPSA) is 61.5 Å². The highest BCUT2D eigenvalue weighted by molar-refractivity contribution is 5.60. The molecule has 0 bridgehead atoms. The third-order valence-corrected chi connectivity index (χ3v) is 7.06. The van der Waals surface area contributed by atoms with Gasteiger partial charge in [-0.15, -0.1) is 0 Å². The number of fused-ring (bicyclic) bond motifs is 1. The lowest BCUT2D eigenvalue weighted by molar-refractivity contribution is 0.0611. The molecule has 6 heteroatoms. The van der Waals surface area contributed by atoms with Gasteiger partial charge in [0, 0.05) is 55.6 Å². The smallest absolute Gasteiger partial charge is 0.347 e. The molecular formula is C25H36N4O2. The molecular weight excluding hydrogens is 388 g/mol. The summed E-state index contributed by atoms with van der Waals surface area (Å²) in [4.78, 5) is 24.8. The van der Waals surface area contributed by atoms with Gasteiger partial charge in [-0.3, -0.25) is 0 Å². The number of rotatable bonds is 4. The van der Waals surface area contributed by atoms with Crippen molar-refractivity contribution >= 4 is 11.5 Å². The number of aromatic nitrogens is 2. The summed E-state index contributed by atoms with van der Waals surface area (Å²) in [5, 5.41) is 0. The maximum Gasteiger partial charge on any atom is 0.347 e. The minimum absolute atomic E-state index is 0.242. The molecule has 2 aromatic rings. The molecule has 0 aliphatic carbocycles. The predicted molar refractivity (Wildman–Crippen MR) is 126 cm³/mol. The highest BCUT2D eigenvalue weighted by Crippen LogP contribution is 2.35. The van der Waals surface area contributed by atoms with E-state index in [0.29, 0.717) is 5.92 Å². The van der Waals surface area contributed by atoms with Gasteiger partial charge in [-0.25, -0.2) is 4.79 Å². The molecule has 0 amide bonds. The van der Waals surface area contributed by atoms with E-state index in [2.05, 4.69) is 72.6 Å². The van der Waals surface area contributed by atoms with Crippen LogP contribution in [0, 0.1) is 6.92 Å². The number of piperidine rings is 1. The number of benzene rings is 1. The first-order valence-electron chi connectivity index (χ1n) is 11.6. The Kier molecular flexibility index (Phi) is 6.11. The van der Waals surface area contributed by atoms with Crippen molar-refractivity contribution < 1.29 is 4.74 Å². The first-order chi connectivity index (χ1) is 14.8. The molecule has 31 heavy (non-hydrogen) atoms. The van der Waals surface area contributed by atoms with E-state index in [1.807, 2.05) is 0 Å². The molecule has 4 rings (SSSR count). The molecule has 0 radical (unpaired) electrons. The second kappa shape index (κ2) is 8.65. The summed E-state index contributed by atoms with van der Waals surface area (Å²) in [5.41, 5.74) is 5.89. The van der Waals surface area contributed by atoms with Crippen LogP contribution in [-0.4, -0.2) is 41.8 Å². The van der Waals surface area contributed by atoms with E-state index < -0.39 is 0 Å². The van der Waals surface area contributed by atoms with Crippen LogP contribution < -0.4 is 15.5 Å². The molecule has 168 valence electrons. The van der Waals surface area contributed by atoms with E-state index in [1.165, 1.54) is 16.8 Å². The maximum atomic E-state index is 12.4. The quantitative estimate of drug-likeness (QED) is 0.799. The summed E-state index contributed by atoms with van der Waals surface area (Å²) in [6.45, 7) is 12.7. The molecule has 0 spiro atoms. The number of H-pyrrole nitrogens is 1.